The number of hydrogen-bond donors (Lipinski definition) is 0. The minimum atomic E-state index is -0.480. The van der Waals surface area contributed by atoms with E-state index >= 15 is 0 Å². The fourth-order valence-corrected chi connectivity index (χ4v) is 4.06. The molecule has 0 radical (unpaired) electrons. The van der Waals surface area contributed by atoms with Gasteiger partial charge in [0, 0.05) is 12.3 Å². The lowest BCUT2D eigenvalue weighted by Crippen LogP contribution is -2.22. The third-order valence-electron chi connectivity index (χ3n) is 4.66. The summed E-state index contributed by atoms with van der Waals surface area (Å²) in [5.74, 6) is 0.445. The minimum Gasteiger partial charge on any atom is -0.482 e. The standard InChI is InChI=1S/C24H26N2O4S/c1-16(2)22-11-10-21(12-17(22)3)29-14-23(28)30-13-19-15-31-24(25-19)26(18(4)27)20-8-6-5-7-9-20/h5-12,15-16H,13-14H2,1-4H3. The van der Waals surface area contributed by atoms with E-state index in [1.54, 1.807) is 5.38 Å². The molecule has 6 nitrogen and oxygen atoms in total. The van der Waals surface area contributed by atoms with E-state index in [1.165, 1.54) is 28.7 Å². The van der Waals surface area contributed by atoms with Gasteiger partial charge in [-0.05, 0) is 48.2 Å². The Morgan fingerprint density at radius 3 is 2.52 bits per heavy atom. The number of aromatic nitrogens is 1. The molecule has 0 unspecified atom stereocenters. The van der Waals surface area contributed by atoms with Crippen LogP contribution >= 0.6 is 11.3 Å². The third-order valence-corrected chi connectivity index (χ3v) is 5.54. The lowest BCUT2D eigenvalue weighted by molar-refractivity contribution is -0.147. The second-order valence-electron chi connectivity index (χ2n) is 7.43. The number of esters is 1. The van der Waals surface area contributed by atoms with Crippen molar-refractivity contribution >= 4 is 34.0 Å². The molecule has 7 heteroatoms. The molecule has 3 aromatic rings. The fraction of sp³-hybridized carbons (Fsp3) is 0.292. The summed E-state index contributed by atoms with van der Waals surface area (Å²) in [7, 11) is 0. The van der Waals surface area contributed by atoms with E-state index in [0.29, 0.717) is 22.5 Å². The summed E-state index contributed by atoms with van der Waals surface area (Å²) in [5, 5.41) is 2.30. The van der Waals surface area contributed by atoms with Crippen LogP contribution in [0.1, 0.15) is 43.5 Å². The number of para-hydroxylation sites is 1. The van der Waals surface area contributed by atoms with Crippen molar-refractivity contribution in [1.82, 2.24) is 4.98 Å². The van der Waals surface area contributed by atoms with Gasteiger partial charge in [-0.15, -0.1) is 11.3 Å². The summed E-state index contributed by atoms with van der Waals surface area (Å²) in [6.07, 6.45) is 0. The maximum Gasteiger partial charge on any atom is 0.344 e. The van der Waals surface area contributed by atoms with Gasteiger partial charge in [0.1, 0.15) is 12.4 Å². The zero-order valence-electron chi connectivity index (χ0n) is 18.1. The monoisotopic (exact) mass is 438 g/mol. The quantitative estimate of drug-likeness (QED) is 0.442. The van der Waals surface area contributed by atoms with E-state index in [4.69, 9.17) is 9.47 Å². The summed E-state index contributed by atoms with van der Waals surface area (Å²) >= 11 is 1.32. The SMILES string of the molecule is CC(=O)N(c1ccccc1)c1nc(COC(=O)COc2ccc(C(C)C)c(C)c2)cs1. The normalized spacial score (nSPS) is 10.7. The van der Waals surface area contributed by atoms with Gasteiger partial charge < -0.3 is 9.47 Å². The van der Waals surface area contributed by atoms with Crippen LogP contribution in [0.4, 0.5) is 10.8 Å². The Kier molecular flexibility index (Phi) is 7.41. The van der Waals surface area contributed by atoms with Gasteiger partial charge in [0.25, 0.3) is 0 Å². The Labute approximate surface area is 186 Å². The molecule has 1 heterocycles. The van der Waals surface area contributed by atoms with Gasteiger partial charge in [0.2, 0.25) is 5.91 Å². The largest absolute Gasteiger partial charge is 0.482 e. The van der Waals surface area contributed by atoms with E-state index in [0.717, 1.165) is 11.3 Å². The second-order valence-corrected chi connectivity index (χ2v) is 8.27. The van der Waals surface area contributed by atoms with Crippen molar-refractivity contribution in [2.45, 2.75) is 40.2 Å². The molecule has 0 aliphatic carbocycles. The first-order chi connectivity index (χ1) is 14.8. The molecular formula is C24H26N2O4S. The number of thiazole rings is 1. The first kappa shape index (κ1) is 22.5. The van der Waals surface area contributed by atoms with Gasteiger partial charge in [0.15, 0.2) is 11.7 Å². The molecule has 3 rings (SSSR count). The first-order valence-electron chi connectivity index (χ1n) is 10.0. The molecule has 0 aliphatic rings. The van der Waals surface area contributed by atoms with Crippen LogP contribution in [-0.4, -0.2) is 23.5 Å². The van der Waals surface area contributed by atoms with E-state index in [2.05, 4.69) is 18.8 Å². The van der Waals surface area contributed by atoms with Gasteiger partial charge in [0.05, 0.1) is 11.4 Å². The molecular weight excluding hydrogens is 412 g/mol. The highest BCUT2D eigenvalue weighted by Crippen LogP contribution is 2.29. The summed E-state index contributed by atoms with van der Waals surface area (Å²) in [6.45, 7) is 7.63. The maximum atomic E-state index is 12.1. The van der Waals surface area contributed by atoms with Crippen LogP contribution in [0.15, 0.2) is 53.9 Å². The molecule has 31 heavy (non-hydrogen) atoms. The highest BCUT2D eigenvalue weighted by Gasteiger charge is 2.18. The van der Waals surface area contributed by atoms with Gasteiger partial charge in [-0.2, -0.15) is 0 Å². The average Bonchev–Trinajstić information content (AvgIpc) is 3.19. The average molecular weight is 439 g/mol. The molecule has 0 saturated carbocycles. The highest BCUT2D eigenvalue weighted by molar-refractivity contribution is 7.14. The van der Waals surface area contributed by atoms with Crippen LogP contribution in [0.2, 0.25) is 0 Å². The number of aryl methyl sites for hydroxylation is 1. The van der Waals surface area contributed by atoms with Crippen LogP contribution in [0, 0.1) is 6.92 Å². The number of anilines is 2. The van der Waals surface area contributed by atoms with Crippen LogP contribution < -0.4 is 9.64 Å². The Hall–Kier alpha value is -3.19. The number of carbonyl (C=O) groups is 2. The summed E-state index contributed by atoms with van der Waals surface area (Å²) in [6, 6.07) is 15.1. The van der Waals surface area contributed by atoms with E-state index < -0.39 is 5.97 Å². The van der Waals surface area contributed by atoms with Gasteiger partial charge >= 0.3 is 5.97 Å². The maximum absolute atomic E-state index is 12.1. The number of ether oxygens (including phenoxy) is 2. The predicted molar refractivity (Wildman–Crippen MR) is 122 cm³/mol. The topological polar surface area (TPSA) is 68.7 Å². The van der Waals surface area contributed by atoms with Crippen molar-refractivity contribution in [3.63, 3.8) is 0 Å². The molecule has 0 bridgehead atoms. The Bertz CT molecular complexity index is 1050. The second kappa shape index (κ2) is 10.2. The van der Waals surface area contributed by atoms with Gasteiger partial charge in [-0.25, -0.2) is 9.78 Å². The van der Waals surface area contributed by atoms with Crippen molar-refractivity contribution in [2.24, 2.45) is 0 Å². The van der Waals surface area contributed by atoms with E-state index in [-0.39, 0.29) is 19.1 Å². The number of carbonyl (C=O) groups excluding carboxylic acids is 2. The van der Waals surface area contributed by atoms with E-state index in [1.807, 2.05) is 55.5 Å². The zero-order valence-corrected chi connectivity index (χ0v) is 18.9. The number of benzene rings is 2. The molecule has 0 spiro atoms. The molecule has 0 saturated heterocycles. The van der Waals surface area contributed by atoms with Crippen LogP contribution in [0.5, 0.6) is 5.75 Å². The fourth-order valence-electron chi connectivity index (χ4n) is 3.19. The summed E-state index contributed by atoms with van der Waals surface area (Å²) in [4.78, 5) is 30.2. The summed E-state index contributed by atoms with van der Waals surface area (Å²) in [5.41, 5.74) is 3.70. The van der Waals surface area contributed by atoms with Gasteiger partial charge in [-0.1, -0.05) is 38.1 Å². The number of hydrogen-bond acceptors (Lipinski definition) is 6. The molecule has 1 amide bonds. The third kappa shape index (κ3) is 5.92. The smallest absolute Gasteiger partial charge is 0.344 e. The van der Waals surface area contributed by atoms with Crippen molar-refractivity contribution in [3.8, 4) is 5.75 Å². The van der Waals surface area contributed by atoms with Crippen LogP contribution in [0.25, 0.3) is 0 Å². The highest BCUT2D eigenvalue weighted by atomic mass is 32.1. The molecule has 0 aliphatic heterocycles. The van der Waals surface area contributed by atoms with Crippen molar-refractivity contribution in [3.05, 3.63) is 70.7 Å². The Morgan fingerprint density at radius 1 is 1.13 bits per heavy atom. The predicted octanol–water partition coefficient (Wildman–Crippen LogP) is 5.38. The molecule has 162 valence electrons. The number of rotatable bonds is 8. The zero-order chi connectivity index (χ0) is 22.4. The van der Waals surface area contributed by atoms with Crippen LogP contribution in [-0.2, 0) is 20.9 Å². The molecule has 0 atom stereocenters. The van der Waals surface area contributed by atoms with Gasteiger partial charge in [-0.3, -0.25) is 9.69 Å². The first-order valence-corrected chi connectivity index (χ1v) is 10.9. The van der Waals surface area contributed by atoms with Crippen molar-refractivity contribution in [1.29, 1.82) is 0 Å². The number of nitrogens with zero attached hydrogens (tertiary/aromatic N) is 2. The molecule has 0 fully saturated rings. The molecule has 2 aromatic carbocycles. The van der Waals surface area contributed by atoms with Crippen molar-refractivity contribution < 1.29 is 19.1 Å². The molecule has 1 aromatic heterocycles. The van der Waals surface area contributed by atoms with Crippen molar-refractivity contribution in [2.75, 3.05) is 11.5 Å². The minimum absolute atomic E-state index is 0.0184. The molecule has 0 N–H and O–H groups in total. The Balaban J connectivity index is 1.55. The number of amides is 1. The Morgan fingerprint density at radius 2 is 1.87 bits per heavy atom. The lowest BCUT2D eigenvalue weighted by atomic mass is 9.98. The summed E-state index contributed by atoms with van der Waals surface area (Å²) < 4.78 is 10.8. The van der Waals surface area contributed by atoms with E-state index in [9.17, 15) is 9.59 Å². The van der Waals surface area contributed by atoms with Crippen LogP contribution in [0.3, 0.4) is 0 Å². The lowest BCUT2D eigenvalue weighted by Gasteiger charge is -2.17.